The highest BCUT2D eigenvalue weighted by molar-refractivity contribution is 14.1. The third-order valence-electron chi connectivity index (χ3n) is 2.61. The van der Waals surface area contributed by atoms with Gasteiger partial charge in [0.2, 0.25) is 0 Å². The molecule has 0 heterocycles. The lowest BCUT2D eigenvalue weighted by Crippen LogP contribution is -2.39. The minimum absolute atomic E-state index is 0.0171. The van der Waals surface area contributed by atoms with Crippen molar-refractivity contribution in [1.29, 1.82) is 0 Å². The van der Waals surface area contributed by atoms with E-state index in [2.05, 4.69) is 22.6 Å². The van der Waals surface area contributed by atoms with E-state index in [-0.39, 0.29) is 17.7 Å². The van der Waals surface area contributed by atoms with Crippen molar-refractivity contribution in [3.05, 3.63) is 27.3 Å². The second-order valence-corrected chi connectivity index (χ2v) is 5.49. The van der Waals surface area contributed by atoms with Gasteiger partial charge in [0.05, 0.1) is 12.2 Å². The lowest BCUT2D eigenvalue weighted by Gasteiger charge is -2.26. The number of amides is 1. The van der Waals surface area contributed by atoms with Gasteiger partial charge in [0, 0.05) is 23.3 Å². The first-order valence-electron chi connectivity index (χ1n) is 5.75. The maximum absolute atomic E-state index is 12.4. The molecule has 0 aliphatic carbocycles. The van der Waals surface area contributed by atoms with Crippen LogP contribution in [-0.4, -0.2) is 42.2 Å². The van der Waals surface area contributed by atoms with Crippen molar-refractivity contribution < 1.29 is 14.6 Å². The molecule has 1 amide bonds. The Morgan fingerprint density at radius 3 is 2.72 bits per heavy atom. The van der Waals surface area contributed by atoms with Gasteiger partial charge in [-0.3, -0.25) is 4.79 Å². The maximum atomic E-state index is 12.4. The first-order valence-corrected chi connectivity index (χ1v) is 6.83. The molecule has 0 spiro atoms. The van der Waals surface area contributed by atoms with Crippen molar-refractivity contribution in [1.82, 2.24) is 4.90 Å². The van der Waals surface area contributed by atoms with E-state index in [1.54, 1.807) is 30.2 Å². The van der Waals surface area contributed by atoms with Crippen LogP contribution in [0, 0.1) is 3.57 Å². The second kappa shape index (κ2) is 6.94. The zero-order valence-electron chi connectivity index (χ0n) is 10.8. The van der Waals surface area contributed by atoms with Gasteiger partial charge in [0.15, 0.2) is 0 Å². The standard InChI is InChI=1S/C13H18INO3/c1-9(2)15(6-7-18-3)13(17)11-8-10(14)4-5-12(11)16/h4-5,8-9,16H,6-7H2,1-3H3. The van der Waals surface area contributed by atoms with E-state index in [0.29, 0.717) is 18.7 Å². The van der Waals surface area contributed by atoms with E-state index in [4.69, 9.17) is 4.74 Å². The Morgan fingerprint density at radius 2 is 2.17 bits per heavy atom. The van der Waals surface area contributed by atoms with E-state index in [1.165, 1.54) is 0 Å². The molecule has 0 radical (unpaired) electrons. The quantitative estimate of drug-likeness (QED) is 0.818. The summed E-state index contributed by atoms with van der Waals surface area (Å²) >= 11 is 2.12. The summed E-state index contributed by atoms with van der Waals surface area (Å²) in [5, 5.41) is 9.78. The molecule has 0 atom stereocenters. The average Bonchev–Trinajstić information content (AvgIpc) is 2.32. The number of hydrogen-bond acceptors (Lipinski definition) is 3. The monoisotopic (exact) mass is 363 g/mol. The van der Waals surface area contributed by atoms with Gasteiger partial charge in [-0.1, -0.05) is 0 Å². The Labute approximate surface area is 121 Å². The predicted molar refractivity (Wildman–Crippen MR) is 78.9 cm³/mol. The molecule has 1 N–H and O–H groups in total. The van der Waals surface area contributed by atoms with E-state index >= 15 is 0 Å². The normalized spacial score (nSPS) is 10.7. The fourth-order valence-corrected chi connectivity index (χ4v) is 2.11. The van der Waals surface area contributed by atoms with Crippen LogP contribution >= 0.6 is 22.6 Å². The lowest BCUT2D eigenvalue weighted by molar-refractivity contribution is 0.0632. The molecule has 0 bridgehead atoms. The van der Waals surface area contributed by atoms with Crippen molar-refractivity contribution in [3.63, 3.8) is 0 Å². The van der Waals surface area contributed by atoms with Gasteiger partial charge in [-0.15, -0.1) is 0 Å². The summed E-state index contributed by atoms with van der Waals surface area (Å²) in [6.07, 6.45) is 0. The third kappa shape index (κ3) is 3.84. The Hall–Kier alpha value is -0.820. The SMILES string of the molecule is COCCN(C(=O)c1cc(I)ccc1O)C(C)C. The van der Waals surface area contributed by atoms with Crippen LogP contribution in [0.3, 0.4) is 0 Å². The third-order valence-corrected chi connectivity index (χ3v) is 3.28. The number of methoxy groups -OCH3 is 1. The number of aromatic hydroxyl groups is 1. The minimum Gasteiger partial charge on any atom is -0.507 e. The summed E-state index contributed by atoms with van der Waals surface area (Å²) in [5.74, 6) is -0.151. The fraction of sp³-hybridized carbons (Fsp3) is 0.462. The lowest BCUT2D eigenvalue weighted by atomic mass is 10.1. The molecule has 1 aromatic rings. The summed E-state index contributed by atoms with van der Waals surface area (Å²) in [4.78, 5) is 14.1. The zero-order valence-corrected chi connectivity index (χ0v) is 13.0. The van der Waals surface area contributed by atoms with Crippen molar-refractivity contribution in [2.24, 2.45) is 0 Å². The van der Waals surface area contributed by atoms with Gasteiger partial charge in [-0.2, -0.15) is 0 Å². The van der Waals surface area contributed by atoms with Crippen LogP contribution < -0.4 is 0 Å². The number of nitrogens with zero attached hydrogens (tertiary/aromatic N) is 1. The second-order valence-electron chi connectivity index (χ2n) is 4.25. The molecule has 5 heteroatoms. The fourth-order valence-electron chi connectivity index (χ4n) is 1.62. The maximum Gasteiger partial charge on any atom is 0.257 e. The van der Waals surface area contributed by atoms with Crippen LogP contribution in [0.15, 0.2) is 18.2 Å². The minimum atomic E-state index is -0.168. The predicted octanol–water partition coefficient (Wildman–Crippen LogP) is 2.49. The van der Waals surface area contributed by atoms with E-state index < -0.39 is 0 Å². The van der Waals surface area contributed by atoms with Crippen LogP contribution in [0.1, 0.15) is 24.2 Å². The van der Waals surface area contributed by atoms with Crippen LogP contribution in [0.5, 0.6) is 5.75 Å². The van der Waals surface area contributed by atoms with Gasteiger partial charge < -0.3 is 14.7 Å². The molecule has 0 saturated carbocycles. The van der Waals surface area contributed by atoms with Crippen LogP contribution in [0.2, 0.25) is 0 Å². The van der Waals surface area contributed by atoms with Gasteiger partial charge in [-0.25, -0.2) is 0 Å². The molecule has 0 aromatic heterocycles. The van der Waals surface area contributed by atoms with Crippen LogP contribution in [0.4, 0.5) is 0 Å². The summed E-state index contributed by atoms with van der Waals surface area (Å²) in [6, 6.07) is 5.07. The summed E-state index contributed by atoms with van der Waals surface area (Å²) in [7, 11) is 1.60. The van der Waals surface area contributed by atoms with Gasteiger partial charge in [0.25, 0.3) is 5.91 Å². The van der Waals surface area contributed by atoms with Crippen molar-refractivity contribution in [2.75, 3.05) is 20.3 Å². The number of rotatable bonds is 5. The van der Waals surface area contributed by atoms with Crippen molar-refractivity contribution in [3.8, 4) is 5.75 Å². The average molecular weight is 363 g/mol. The zero-order chi connectivity index (χ0) is 13.7. The summed E-state index contributed by atoms with van der Waals surface area (Å²) in [6.45, 7) is 4.88. The molecule has 0 unspecified atom stereocenters. The number of phenolic OH excluding ortho intramolecular Hbond substituents is 1. The highest BCUT2D eigenvalue weighted by Crippen LogP contribution is 2.22. The van der Waals surface area contributed by atoms with E-state index in [0.717, 1.165) is 3.57 Å². The first-order chi connectivity index (χ1) is 8.47. The summed E-state index contributed by atoms with van der Waals surface area (Å²) < 4.78 is 5.93. The highest BCUT2D eigenvalue weighted by atomic mass is 127. The Balaban J connectivity index is 2.98. The first kappa shape index (κ1) is 15.2. The smallest absolute Gasteiger partial charge is 0.257 e. The molecule has 100 valence electrons. The van der Waals surface area contributed by atoms with Gasteiger partial charge >= 0.3 is 0 Å². The largest absolute Gasteiger partial charge is 0.507 e. The molecule has 0 saturated heterocycles. The molecule has 1 rings (SSSR count). The number of carbonyl (C=O) groups is 1. The number of carbonyl (C=O) groups excluding carboxylic acids is 1. The summed E-state index contributed by atoms with van der Waals surface area (Å²) in [5.41, 5.74) is 0.340. The molecule has 18 heavy (non-hydrogen) atoms. The molecule has 4 nitrogen and oxygen atoms in total. The Kier molecular flexibility index (Phi) is 5.87. The number of phenols is 1. The van der Waals surface area contributed by atoms with Crippen molar-refractivity contribution in [2.45, 2.75) is 19.9 Å². The Morgan fingerprint density at radius 1 is 1.50 bits per heavy atom. The van der Waals surface area contributed by atoms with Gasteiger partial charge in [0.1, 0.15) is 5.75 Å². The number of ether oxygens (including phenoxy) is 1. The van der Waals surface area contributed by atoms with Crippen LogP contribution in [0.25, 0.3) is 0 Å². The number of halogens is 1. The molecule has 1 aromatic carbocycles. The van der Waals surface area contributed by atoms with E-state index in [1.807, 2.05) is 13.8 Å². The molecule has 0 aliphatic heterocycles. The molecular weight excluding hydrogens is 345 g/mol. The van der Waals surface area contributed by atoms with Gasteiger partial charge in [-0.05, 0) is 54.6 Å². The van der Waals surface area contributed by atoms with Crippen molar-refractivity contribution >= 4 is 28.5 Å². The number of benzene rings is 1. The molecular formula is C13H18INO3. The molecule has 0 aliphatic rings. The Bertz CT molecular complexity index is 421. The van der Waals surface area contributed by atoms with E-state index in [9.17, 15) is 9.90 Å². The number of hydrogen-bond donors (Lipinski definition) is 1. The highest BCUT2D eigenvalue weighted by Gasteiger charge is 2.21. The topological polar surface area (TPSA) is 49.8 Å². The molecule has 0 fully saturated rings. The van der Waals surface area contributed by atoms with Crippen LogP contribution in [-0.2, 0) is 4.74 Å².